The largest absolute Gasteiger partial charge is 0.481 e. The summed E-state index contributed by atoms with van der Waals surface area (Å²) in [6, 6.07) is 0. The van der Waals surface area contributed by atoms with Crippen LogP contribution in [0.5, 0.6) is 0 Å². The number of aryl methyl sites for hydroxylation is 2. The van der Waals surface area contributed by atoms with Crippen LogP contribution in [0.3, 0.4) is 0 Å². The maximum Gasteiger partial charge on any atom is 0.345 e. The molecule has 0 saturated carbocycles. The van der Waals surface area contributed by atoms with Gasteiger partial charge in [0.1, 0.15) is 0 Å². The van der Waals surface area contributed by atoms with Crippen molar-refractivity contribution < 1.29 is 14.7 Å². The molecule has 1 aromatic heterocycles. The highest BCUT2D eigenvalue weighted by Crippen LogP contribution is 2.13. The van der Waals surface area contributed by atoms with Crippen molar-refractivity contribution in [3.8, 4) is 0 Å². The molecule has 0 atom stereocenters. The van der Waals surface area contributed by atoms with E-state index in [2.05, 4.69) is 15.3 Å². The Labute approximate surface area is 122 Å². The molecule has 116 valence electrons. The van der Waals surface area contributed by atoms with E-state index in [4.69, 9.17) is 5.11 Å². The number of hydrogen-bond acceptors (Lipinski definition) is 4. The second-order valence-electron chi connectivity index (χ2n) is 5.73. The van der Waals surface area contributed by atoms with Gasteiger partial charge < -0.3 is 15.4 Å². The molecule has 0 bridgehead atoms. The predicted molar refractivity (Wildman–Crippen MR) is 77.1 cm³/mol. The number of carboxylic acids is 1. The number of carbonyl (C=O) groups excluding carboxylic acids is 1. The SMILES string of the molecule is Cc1nc(=O)[nH]c(C)c1CC(=O)NC(C)(C)CCC(=O)O. The van der Waals surface area contributed by atoms with Gasteiger partial charge >= 0.3 is 11.7 Å². The number of carboxylic acid groups (broad SMARTS) is 1. The smallest absolute Gasteiger partial charge is 0.345 e. The number of amides is 1. The van der Waals surface area contributed by atoms with Crippen molar-refractivity contribution >= 4 is 11.9 Å². The van der Waals surface area contributed by atoms with E-state index >= 15 is 0 Å². The summed E-state index contributed by atoms with van der Waals surface area (Å²) in [5, 5.41) is 11.5. The maximum atomic E-state index is 12.1. The molecular formula is C14H21N3O4. The van der Waals surface area contributed by atoms with Crippen LogP contribution in [0.25, 0.3) is 0 Å². The molecule has 3 N–H and O–H groups in total. The quantitative estimate of drug-likeness (QED) is 0.714. The van der Waals surface area contributed by atoms with Gasteiger partial charge in [0.05, 0.1) is 6.42 Å². The summed E-state index contributed by atoms with van der Waals surface area (Å²) in [6.45, 7) is 6.95. The fourth-order valence-corrected chi connectivity index (χ4v) is 2.08. The average Bonchev–Trinajstić information content (AvgIpc) is 2.31. The number of H-pyrrole nitrogens is 1. The van der Waals surface area contributed by atoms with Gasteiger partial charge in [-0.25, -0.2) is 4.79 Å². The summed E-state index contributed by atoms with van der Waals surface area (Å²) in [5.74, 6) is -1.13. The summed E-state index contributed by atoms with van der Waals surface area (Å²) < 4.78 is 0. The third-order valence-electron chi connectivity index (χ3n) is 3.23. The van der Waals surface area contributed by atoms with Crippen molar-refractivity contribution in [2.24, 2.45) is 0 Å². The fraction of sp³-hybridized carbons (Fsp3) is 0.571. The Kier molecular flexibility index (Phi) is 5.23. The molecule has 0 unspecified atom stereocenters. The molecule has 7 nitrogen and oxygen atoms in total. The first-order valence-corrected chi connectivity index (χ1v) is 6.70. The third-order valence-corrected chi connectivity index (χ3v) is 3.23. The summed E-state index contributed by atoms with van der Waals surface area (Å²) >= 11 is 0. The van der Waals surface area contributed by atoms with Crippen molar-refractivity contribution in [3.05, 3.63) is 27.4 Å². The van der Waals surface area contributed by atoms with Crippen molar-refractivity contribution in [1.29, 1.82) is 0 Å². The van der Waals surface area contributed by atoms with Crippen LogP contribution in [-0.2, 0) is 16.0 Å². The number of aromatic nitrogens is 2. The summed E-state index contributed by atoms with van der Waals surface area (Å²) in [6.07, 6.45) is 0.430. The molecule has 21 heavy (non-hydrogen) atoms. The molecule has 0 aliphatic rings. The first-order valence-electron chi connectivity index (χ1n) is 6.70. The number of carbonyl (C=O) groups is 2. The Morgan fingerprint density at radius 2 is 1.95 bits per heavy atom. The first kappa shape index (κ1) is 16.9. The fourth-order valence-electron chi connectivity index (χ4n) is 2.08. The van der Waals surface area contributed by atoms with E-state index in [1.54, 1.807) is 27.7 Å². The molecule has 7 heteroatoms. The molecule has 0 aliphatic carbocycles. The van der Waals surface area contributed by atoms with Gasteiger partial charge in [0, 0.05) is 28.9 Å². The zero-order valence-corrected chi connectivity index (χ0v) is 12.7. The average molecular weight is 295 g/mol. The topological polar surface area (TPSA) is 112 Å². The Hall–Kier alpha value is -2.18. The minimum Gasteiger partial charge on any atom is -0.481 e. The molecule has 1 aromatic rings. The van der Waals surface area contributed by atoms with Gasteiger partial charge in [0.25, 0.3) is 0 Å². The number of nitrogens with one attached hydrogen (secondary N) is 2. The predicted octanol–water partition coefficient (Wildman–Crippen LogP) is 0.689. The molecule has 1 heterocycles. The minimum atomic E-state index is -0.895. The lowest BCUT2D eigenvalue weighted by Gasteiger charge is -2.26. The number of aliphatic carboxylic acids is 1. The van der Waals surface area contributed by atoms with Crippen LogP contribution in [0.4, 0.5) is 0 Å². The highest BCUT2D eigenvalue weighted by molar-refractivity contribution is 5.79. The normalized spacial score (nSPS) is 11.2. The minimum absolute atomic E-state index is 0.00839. The molecule has 0 radical (unpaired) electrons. The summed E-state index contributed by atoms with van der Waals surface area (Å²) in [5.41, 5.74) is 0.783. The van der Waals surface area contributed by atoms with Gasteiger partial charge in [-0.05, 0) is 34.1 Å². The van der Waals surface area contributed by atoms with Gasteiger partial charge in [0.2, 0.25) is 5.91 Å². The molecule has 0 fully saturated rings. The standard InChI is InChI=1S/C14H21N3O4/c1-8-10(9(2)16-13(21)15-8)7-11(18)17-14(3,4)6-5-12(19)20/h5-7H2,1-4H3,(H,17,18)(H,19,20)(H,15,16,21). The lowest BCUT2D eigenvalue weighted by atomic mass is 9.97. The van der Waals surface area contributed by atoms with E-state index in [0.717, 1.165) is 0 Å². The van der Waals surface area contributed by atoms with Gasteiger partial charge in [-0.3, -0.25) is 9.59 Å². The van der Waals surface area contributed by atoms with Crippen LogP contribution in [-0.4, -0.2) is 32.5 Å². The highest BCUT2D eigenvalue weighted by Gasteiger charge is 2.22. The maximum absolute atomic E-state index is 12.1. The van der Waals surface area contributed by atoms with Gasteiger partial charge in [-0.2, -0.15) is 4.98 Å². The van der Waals surface area contributed by atoms with Crippen LogP contribution >= 0.6 is 0 Å². The Morgan fingerprint density at radius 3 is 2.48 bits per heavy atom. The van der Waals surface area contributed by atoms with Crippen LogP contribution in [0.1, 0.15) is 43.6 Å². The molecule has 0 aliphatic heterocycles. The van der Waals surface area contributed by atoms with E-state index in [1.165, 1.54) is 0 Å². The van der Waals surface area contributed by atoms with Crippen molar-refractivity contribution in [2.75, 3.05) is 0 Å². The summed E-state index contributed by atoms with van der Waals surface area (Å²) in [4.78, 5) is 40.2. The van der Waals surface area contributed by atoms with Crippen LogP contribution in [0.15, 0.2) is 4.79 Å². The van der Waals surface area contributed by atoms with Crippen LogP contribution < -0.4 is 11.0 Å². The third kappa shape index (κ3) is 5.37. The lowest BCUT2D eigenvalue weighted by molar-refractivity contribution is -0.137. The van der Waals surface area contributed by atoms with E-state index in [0.29, 0.717) is 23.4 Å². The van der Waals surface area contributed by atoms with Crippen molar-refractivity contribution in [3.63, 3.8) is 0 Å². The van der Waals surface area contributed by atoms with E-state index in [1.807, 2.05) is 0 Å². The van der Waals surface area contributed by atoms with E-state index < -0.39 is 17.2 Å². The van der Waals surface area contributed by atoms with Crippen molar-refractivity contribution in [1.82, 2.24) is 15.3 Å². The molecule has 1 amide bonds. The zero-order chi connectivity index (χ0) is 16.2. The van der Waals surface area contributed by atoms with Crippen LogP contribution in [0, 0.1) is 13.8 Å². The highest BCUT2D eigenvalue weighted by atomic mass is 16.4. The first-order chi connectivity index (χ1) is 9.60. The van der Waals surface area contributed by atoms with Gasteiger partial charge in [-0.15, -0.1) is 0 Å². The van der Waals surface area contributed by atoms with Crippen LogP contribution in [0.2, 0.25) is 0 Å². The number of hydrogen-bond donors (Lipinski definition) is 3. The van der Waals surface area contributed by atoms with E-state index in [9.17, 15) is 14.4 Å². The lowest BCUT2D eigenvalue weighted by Crippen LogP contribution is -2.44. The van der Waals surface area contributed by atoms with Gasteiger partial charge in [-0.1, -0.05) is 0 Å². The summed E-state index contributed by atoms with van der Waals surface area (Å²) in [7, 11) is 0. The number of rotatable bonds is 6. The Morgan fingerprint density at radius 1 is 1.33 bits per heavy atom. The second-order valence-corrected chi connectivity index (χ2v) is 5.73. The Bertz CT molecular complexity index is 578. The zero-order valence-electron chi connectivity index (χ0n) is 12.7. The van der Waals surface area contributed by atoms with Crippen molar-refractivity contribution in [2.45, 2.75) is 52.5 Å². The number of aromatic amines is 1. The number of nitrogens with zero attached hydrogens (tertiary/aromatic N) is 1. The van der Waals surface area contributed by atoms with E-state index in [-0.39, 0.29) is 18.7 Å². The monoisotopic (exact) mass is 295 g/mol. The molecular weight excluding hydrogens is 274 g/mol. The molecule has 1 rings (SSSR count). The second kappa shape index (κ2) is 6.51. The molecule has 0 aromatic carbocycles. The molecule has 0 saturated heterocycles. The molecule has 0 spiro atoms. The Balaban J connectivity index is 2.74. The van der Waals surface area contributed by atoms with Gasteiger partial charge in [0.15, 0.2) is 0 Å².